The highest BCUT2D eigenvalue weighted by Crippen LogP contribution is 2.40. The van der Waals surface area contributed by atoms with Crippen LogP contribution in [-0.4, -0.2) is 36.9 Å². The van der Waals surface area contributed by atoms with Gasteiger partial charge in [0.25, 0.3) is 0 Å². The lowest BCUT2D eigenvalue weighted by molar-refractivity contribution is 0.399. The van der Waals surface area contributed by atoms with Crippen LogP contribution in [0.4, 0.5) is 0 Å². The fourth-order valence-corrected chi connectivity index (χ4v) is 2.05. The van der Waals surface area contributed by atoms with Crippen LogP contribution >= 0.6 is 21.4 Å². The molecule has 138 valence electrons. The van der Waals surface area contributed by atoms with Gasteiger partial charge in [-0.25, -0.2) is 0 Å². The maximum absolute atomic E-state index is 9.16. The fraction of sp³-hybridized carbons (Fsp3) is 0.250. The van der Waals surface area contributed by atoms with Crippen LogP contribution in [0.2, 0.25) is 0 Å². The van der Waals surface area contributed by atoms with Crippen LogP contribution in [0.3, 0.4) is 0 Å². The molecule has 0 aliphatic rings. The predicted octanol–water partition coefficient (Wildman–Crippen LogP) is 4.10. The Balaban J connectivity index is 0.000000550. The van der Waals surface area contributed by atoms with Crippen molar-refractivity contribution < 1.29 is 27.4 Å². The normalized spacial score (nSPS) is 10.3. The molecule has 6 nitrogen and oxygen atoms in total. The molecular weight excluding hydrogens is 391 g/mol. The minimum atomic E-state index is -3.72. The minimum absolute atomic E-state index is 0.748. The number of benzene rings is 2. The maximum atomic E-state index is 9.16. The summed E-state index contributed by atoms with van der Waals surface area (Å²) < 4.78 is 39.7. The van der Waals surface area contributed by atoms with Crippen molar-refractivity contribution in [3.8, 4) is 34.1 Å². The summed E-state index contributed by atoms with van der Waals surface area (Å²) in [5.74, 6) is 3.01. The standard InChI is InChI=1S/C16H18O4.Cl2O2S/c1-17-11-5-7-15(19-3)13(9-11)14-10-12(18-2)6-8-16(14)20-4;1-5(2,3)4/h5-10H,1-4H3;. The van der Waals surface area contributed by atoms with Gasteiger partial charge in [0.15, 0.2) is 0 Å². The van der Waals surface area contributed by atoms with Gasteiger partial charge in [0.1, 0.15) is 23.0 Å². The van der Waals surface area contributed by atoms with E-state index in [1.54, 1.807) is 28.4 Å². The molecule has 2 aromatic rings. The number of halogens is 2. The zero-order valence-corrected chi connectivity index (χ0v) is 16.4. The third kappa shape index (κ3) is 6.89. The molecule has 9 heteroatoms. The van der Waals surface area contributed by atoms with Crippen molar-refractivity contribution in [1.82, 2.24) is 0 Å². The molecule has 0 radical (unpaired) electrons. The number of rotatable bonds is 5. The van der Waals surface area contributed by atoms with Crippen LogP contribution in [0.5, 0.6) is 23.0 Å². The number of ether oxygens (including phenoxy) is 4. The summed E-state index contributed by atoms with van der Waals surface area (Å²) in [4.78, 5) is 0. The zero-order valence-electron chi connectivity index (χ0n) is 14.1. The lowest BCUT2D eigenvalue weighted by Crippen LogP contribution is -1.94. The highest BCUT2D eigenvalue weighted by atomic mass is 36.0. The Morgan fingerprint density at radius 1 is 0.680 bits per heavy atom. The molecule has 0 spiro atoms. The second-order valence-corrected chi connectivity index (χ2v) is 8.18. The quantitative estimate of drug-likeness (QED) is 0.693. The van der Waals surface area contributed by atoms with Gasteiger partial charge in [-0.15, -0.1) is 0 Å². The molecule has 2 rings (SSSR count). The first-order valence-electron chi connectivity index (χ1n) is 6.82. The van der Waals surface area contributed by atoms with Crippen molar-refractivity contribution in [2.75, 3.05) is 28.4 Å². The smallest absolute Gasteiger partial charge is 0.317 e. The Bertz CT molecular complexity index is 747. The van der Waals surface area contributed by atoms with E-state index < -0.39 is 8.26 Å². The average molecular weight is 409 g/mol. The molecule has 2 aromatic carbocycles. The second kappa shape index (κ2) is 9.60. The zero-order chi connectivity index (χ0) is 19.0. The van der Waals surface area contributed by atoms with Crippen LogP contribution in [-0.2, 0) is 8.26 Å². The molecule has 0 unspecified atom stereocenters. The van der Waals surface area contributed by atoms with Crippen molar-refractivity contribution in [3.63, 3.8) is 0 Å². The molecule has 0 amide bonds. The molecule has 0 aliphatic carbocycles. The fourth-order valence-electron chi connectivity index (χ4n) is 2.05. The van der Waals surface area contributed by atoms with Gasteiger partial charge in [0, 0.05) is 32.5 Å². The SMILES string of the molecule is COc1ccc(OC)c(-c2cc(OC)ccc2OC)c1.O=S(=O)(Cl)Cl. The molecule has 0 heterocycles. The first-order chi connectivity index (χ1) is 11.7. The van der Waals surface area contributed by atoms with E-state index in [1.165, 1.54) is 0 Å². The van der Waals surface area contributed by atoms with E-state index in [0.717, 1.165) is 34.1 Å². The van der Waals surface area contributed by atoms with E-state index in [2.05, 4.69) is 21.4 Å². The minimum Gasteiger partial charge on any atom is -0.497 e. The van der Waals surface area contributed by atoms with E-state index >= 15 is 0 Å². The Kier molecular flexibility index (Phi) is 8.15. The van der Waals surface area contributed by atoms with E-state index in [9.17, 15) is 0 Å². The molecule has 0 fully saturated rings. The van der Waals surface area contributed by atoms with Gasteiger partial charge in [-0.2, -0.15) is 8.42 Å². The van der Waals surface area contributed by atoms with Gasteiger partial charge < -0.3 is 18.9 Å². The Morgan fingerprint density at radius 2 is 1.00 bits per heavy atom. The van der Waals surface area contributed by atoms with E-state index in [0.29, 0.717) is 0 Å². The van der Waals surface area contributed by atoms with Crippen molar-refractivity contribution in [2.24, 2.45) is 0 Å². The molecule has 0 bridgehead atoms. The highest BCUT2D eigenvalue weighted by Gasteiger charge is 2.13. The topological polar surface area (TPSA) is 71.1 Å². The predicted molar refractivity (Wildman–Crippen MR) is 98.7 cm³/mol. The van der Waals surface area contributed by atoms with Crippen molar-refractivity contribution in [2.45, 2.75) is 0 Å². The Morgan fingerprint density at radius 3 is 1.24 bits per heavy atom. The summed E-state index contributed by atoms with van der Waals surface area (Å²) in [5, 5.41) is 0. The molecule has 0 saturated heterocycles. The second-order valence-electron chi connectivity index (χ2n) is 4.51. The third-order valence-electron chi connectivity index (χ3n) is 3.10. The summed E-state index contributed by atoms with van der Waals surface area (Å²) in [6, 6.07) is 11.3. The molecule has 0 aliphatic heterocycles. The van der Waals surface area contributed by atoms with Gasteiger partial charge >= 0.3 is 8.26 Å². The first-order valence-corrected chi connectivity index (χ1v) is 9.95. The molecule has 0 atom stereocenters. The summed E-state index contributed by atoms with van der Waals surface area (Å²) in [7, 11) is 11.4. The van der Waals surface area contributed by atoms with Crippen LogP contribution in [0, 0.1) is 0 Å². The monoisotopic (exact) mass is 408 g/mol. The molecule has 0 aromatic heterocycles. The van der Waals surface area contributed by atoms with Gasteiger partial charge in [0.05, 0.1) is 28.4 Å². The summed E-state index contributed by atoms with van der Waals surface area (Å²) in [6.07, 6.45) is 0. The van der Waals surface area contributed by atoms with Crippen LogP contribution in [0.25, 0.3) is 11.1 Å². The summed E-state index contributed by atoms with van der Waals surface area (Å²) in [5.41, 5.74) is 1.78. The lowest BCUT2D eigenvalue weighted by Gasteiger charge is -2.14. The van der Waals surface area contributed by atoms with Crippen molar-refractivity contribution >= 4 is 29.6 Å². The van der Waals surface area contributed by atoms with Crippen molar-refractivity contribution in [1.29, 1.82) is 0 Å². The lowest BCUT2D eigenvalue weighted by atomic mass is 10.0. The van der Waals surface area contributed by atoms with Crippen molar-refractivity contribution in [3.05, 3.63) is 36.4 Å². The number of hydrogen-bond donors (Lipinski definition) is 0. The average Bonchev–Trinajstić information content (AvgIpc) is 2.59. The van der Waals surface area contributed by atoms with E-state index in [-0.39, 0.29) is 0 Å². The number of methoxy groups -OCH3 is 4. The number of hydrogen-bond acceptors (Lipinski definition) is 6. The van der Waals surface area contributed by atoms with Crippen LogP contribution in [0.15, 0.2) is 36.4 Å². The van der Waals surface area contributed by atoms with Gasteiger partial charge in [-0.3, -0.25) is 0 Å². The van der Waals surface area contributed by atoms with Gasteiger partial charge in [-0.1, -0.05) is 0 Å². The third-order valence-corrected chi connectivity index (χ3v) is 3.10. The Labute approximate surface area is 156 Å². The molecule has 25 heavy (non-hydrogen) atoms. The van der Waals surface area contributed by atoms with E-state index in [1.807, 2.05) is 36.4 Å². The van der Waals surface area contributed by atoms with Crippen LogP contribution in [0.1, 0.15) is 0 Å². The summed E-state index contributed by atoms with van der Waals surface area (Å²) >= 11 is 0. The van der Waals surface area contributed by atoms with Crippen LogP contribution < -0.4 is 18.9 Å². The molecule has 0 saturated carbocycles. The molecular formula is C16H18Cl2O6S. The Hall–Kier alpha value is -1.83. The van der Waals surface area contributed by atoms with E-state index in [4.69, 9.17) is 27.4 Å². The maximum Gasteiger partial charge on any atom is 0.317 e. The van der Waals surface area contributed by atoms with Gasteiger partial charge in [-0.05, 0) is 36.4 Å². The molecule has 0 N–H and O–H groups in total. The largest absolute Gasteiger partial charge is 0.497 e. The summed E-state index contributed by atoms with van der Waals surface area (Å²) in [6.45, 7) is 0. The first kappa shape index (κ1) is 21.2. The highest BCUT2D eigenvalue weighted by molar-refractivity contribution is 8.31. The van der Waals surface area contributed by atoms with Gasteiger partial charge in [0.2, 0.25) is 0 Å².